The largest absolute Gasteiger partial charge is 0.448 e. The average molecular weight is 368 g/mol. The van der Waals surface area contributed by atoms with Crippen molar-refractivity contribution in [2.75, 3.05) is 25.4 Å². The van der Waals surface area contributed by atoms with Gasteiger partial charge in [-0.05, 0) is 25.5 Å². The number of imidazole rings is 1. The fraction of sp³-hybridized carbons (Fsp3) is 0.316. The van der Waals surface area contributed by atoms with Crippen LogP contribution in [-0.4, -0.2) is 51.0 Å². The zero-order chi connectivity index (χ0) is 18.1. The Balaban J connectivity index is 1.67. The Morgan fingerprint density at radius 3 is 2.77 bits per heavy atom. The Hall–Kier alpha value is -2.54. The normalized spacial score (nSPS) is 14.2. The molecule has 134 valence electrons. The van der Waals surface area contributed by atoms with Gasteiger partial charge in [-0.15, -0.1) is 0 Å². The quantitative estimate of drug-likeness (QED) is 0.645. The van der Waals surface area contributed by atoms with E-state index >= 15 is 0 Å². The molecule has 1 aliphatic rings. The highest BCUT2D eigenvalue weighted by atomic mass is 32.2. The summed E-state index contributed by atoms with van der Waals surface area (Å²) in [6.45, 7) is 5.86. The maximum absolute atomic E-state index is 11.6. The molecule has 0 N–H and O–H groups in total. The number of benzene rings is 1. The summed E-state index contributed by atoms with van der Waals surface area (Å²) < 4.78 is 6.91. The molecule has 26 heavy (non-hydrogen) atoms. The van der Waals surface area contributed by atoms with Crippen molar-refractivity contribution in [3.63, 3.8) is 0 Å². The third kappa shape index (κ3) is 3.14. The number of aromatic nitrogens is 3. The molecule has 0 spiro atoms. The highest BCUT2D eigenvalue weighted by molar-refractivity contribution is 7.99. The zero-order valence-corrected chi connectivity index (χ0v) is 15.6. The number of amides is 1. The molecule has 1 fully saturated rings. The average Bonchev–Trinajstić information content (AvgIpc) is 3.20. The number of ether oxygens (including phenoxy) is 1. The fourth-order valence-corrected chi connectivity index (χ4v) is 4.08. The minimum Gasteiger partial charge on any atom is -0.448 e. The number of rotatable bonds is 5. The Bertz CT molecular complexity index is 955. The van der Waals surface area contributed by atoms with E-state index < -0.39 is 0 Å². The van der Waals surface area contributed by atoms with Gasteiger partial charge in [0.15, 0.2) is 5.16 Å². The van der Waals surface area contributed by atoms with Gasteiger partial charge in [0.2, 0.25) is 0 Å². The molecule has 4 rings (SSSR count). The summed E-state index contributed by atoms with van der Waals surface area (Å²) in [5.74, 6) is 0.747. The summed E-state index contributed by atoms with van der Waals surface area (Å²) in [5, 5.41) is 5.52. The molecule has 2 aromatic heterocycles. The molecule has 0 unspecified atom stereocenters. The van der Waals surface area contributed by atoms with E-state index in [1.54, 1.807) is 16.7 Å². The number of hydrogen-bond acceptors (Lipinski definition) is 5. The smallest absolute Gasteiger partial charge is 0.409 e. The minimum atomic E-state index is -0.228. The van der Waals surface area contributed by atoms with Crippen LogP contribution in [-0.2, 0) is 4.74 Å². The Kier molecular flexibility index (Phi) is 4.55. The van der Waals surface area contributed by atoms with Crippen molar-refractivity contribution < 1.29 is 9.53 Å². The van der Waals surface area contributed by atoms with E-state index in [2.05, 4.69) is 30.2 Å². The van der Waals surface area contributed by atoms with Crippen molar-refractivity contribution in [3.05, 3.63) is 47.7 Å². The van der Waals surface area contributed by atoms with Crippen LogP contribution in [0, 0.1) is 13.8 Å². The molecular weight excluding hydrogens is 348 g/mol. The first kappa shape index (κ1) is 16.9. The second-order valence-corrected chi connectivity index (χ2v) is 7.35. The van der Waals surface area contributed by atoms with Gasteiger partial charge in [-0.3, -0.25) is 0 Å². The maximum Gasteiger partial charge on any atom is 0.409 e. The van der Waals surface area contributed by atoms with Gasteiger partial charge in [0, 0.05) is 17.9 Å². The van der Waals surface area contributed by atoms with Gasteiger partial charge < -0.3 is 9.64 Å². The number of fused-ring (bicyclic) bond motifs is 1. The molecule has 0 saturated carbocycles. The molecule has 1 aliphatic heterocycles. The number of nitrogens with zero attached hydrogens (tertiary/aromatic N) is 4. The summed E-state index contributed by atoms with van der Waals surface area (Å²) in [4.78, 5) is 18.2. The van der Waals surface area contributed by atoms with Crippen molar-refractivity contribution in [3.8, 4) is 11.3 Å². The number of thioether (sulfide) groups is 1. The molecule has 6 nitrogen and oxygen atoms in total. The third-order valence-corrected chi connectivity index (χ3v) is 5.28. The first-order valence-electron chi connectivity index (χ1n) is 8.60. The van der Waals surface area contributed by atoms with Gasteiger partial charge in [0.05, 0.1) is 23.4 Å². The van der Waals surface area contributed by atoms with E-state index in [0.717, 1.165) is 38.9 Å². The summed E-state index contributed by atoms with van der Waals surface area (Å²) >= 11 is 1.61. The van der Waals surface area contributed by atoms with Crippen LogP contribution >= 0.6 is 11.8 Å². The van der Waals surface area contributed by atoms with Crippen LogP contribution in [0.15, 0.2) is 41.6 Å². The van der Waals surface area contributed by atoms with Crippen LogP contribution in [0.1, 0.15) is 11.3 Å². The Labute approximate surface area is 156 Å². The molecule has 1 saturated heterocycles. The van der Waals surface area contributed by atoms with Gasteiger partial charge in [-0.1, -0.05) is 42.1 Å². The summed E-state index contributed by atoms with van der Waals surface area (Å²) in [6.07, 6.45) is -0.228. The lowest BCUT2D eigenvalue weighted by molar-refractivity contribution is 0.160. The molecule has 0 radical (unpaired) electrons. The van der Waals surface area contributed by atoms with Crippen LogP contribution in [0.3, 0.4) is 0 Å². The van der Waals surface area contributed by atoms with E-state index in [0.29, 0.717) is 19.7 Å². The van der Waals surface area contributed by atoms with Gasteiger partial charge in [-0.25, -0.2) is 14.3 Å². The Morgan fingerprint density at radius 2 is 2.04 bits per heavy atom. The number of aryl methyl sites for hydroxylation is 2. The van der Waals surface area contributed by atoms with Gasteiger partial charge in [0.25, 0.3) is 0 Å². The summed E-state index contributed by atoms with van der Waals surface area (Å²) in [6, 6.07) is 12.2. The summed E-state index contributed by atoms with van der Waals surface area (Å²) in [5.41, 5.74) is 5.16. The van der Waals surface area contributed by atoms with Crippen LogP contribution in [0.25, 0.3) is 16.8 Å². The van der Waals surface area contributed by atoms with E-state index in [1.807, 2.05) is 29.6 Å². The molecule has 1 amide bonds. The van der Waals surface area contributed by atoms with Crippen molar-refractivity contribution in [2.45, 2.75) is 19.0 Å². The van der Waals surface area contributed by atoms with Crippen molar-refractivity contribution in [1.82, 2.24) is 19.5 Å². The highest BCUT2D eigenvalue weighted by Crippen LogP contribution is 2.30. The molecule has 1 aromatic carbocycles. The van der Waals surface area contributed by atoms with Crippen LogP contribution in [0.2, 0.25) is 0 Å². The second kappa shape index (κ2) is 6.99. The lowest BCUT2D eigenvalue weighted by Gasteiger charge is -2.11. The lowest BCUT2D eigenvalue weighted by Crippen LogP contribution is -2.26. The first-order chi connectivity index (χ1) is 12.6. The van der Waals surface area contributed by atoms with Gasteiger partial charge in [-0.2, -0.15) is 5.10 Å². The number of hydrogen-bond donors (Lipinski definition) is 0. The second-order valence-electron chi connectivity index (χ2n) is 6.29. The number of cyclic esters (lactones) is 1. The molecule has 3 heterocycles. The fourth-order valence-electron chi connectivity index (χ4n) is 3.17. The van der Waals surface area contributed by atoms with Crippen molar-refractivity contribution >= 4 is 23.4 Å². The van der Waals surface area contributed by atoms with E-state index in [1.165, 1.54) is 0 Å². The molecule has 7 heteroatoms. The third-order valence-electron chi connectivity index (χ3n) is 4.37. The lowest BCUT2D eigenvalue weighted by atomic mass is 10.1. The molecule has 0 aliphatic carbocycles. The highest BCUT2D eigenvalue weighted by Gasteiger charge is 2.22. The summed E-state index contributed by atoms with van der Waals surface area (Å²) in [7, 11) is 0. The predicted octanol–water partition coefficient (Wildman–Crippen LogP) is 3.56. The monoisotopic (exact) mass is 368 g/mol. The molecule has 0 atom stereocenters. The standard InChI is InChI=1S/C19H20N4O2S/c1-13-12-14(2)21-23-17(13)16(15-6-4-3-5-7-15)20-18(23)26-11-9-22-8-10-25-19(22)24/h3-7,12H,8-11H2,1-2H3. The van der Waals surface area contributed by atoms with Crippen LogP contribution in [0.5, 0.6) is 0 Å². The first-order valence-corrected chi connectivity index (χ1v) is 9.59. The zero-order valence-electron chi connectivity index (χ0n) is 14.8. The van der Waals surface area contributed by atoms with Crippen LogP contribution < -0.4 is 0 Å². The van der Waals surface area contributed by atoms with E-state index in [-0.39, 0.29) is 6.09 Å². The topological polar surface area (TPSA) is 59.7 Å². The number of carbonyl (C=O) groups is 1. The molecule has 0 bridgehead atoms. The minimum absolute atomic E-state index is 0.228. The van der Waals surface area contributed by atoms with E-state index in [9.17, 15) is 4.79 Å². The van der Waals surface area contributed by atoms with Gasteiger partial charge in [0.1, 0.15) is 6.61 Å². The van der Waals surface area contributed by atoms with Crippen molar-refractivity contribution in [1.29, 1.82) is 0 Å². The van der Waals surface area contributed by atoms with E-state index in [4.69, 9.17) is 9.72 Å². The van der Waals surface area contributed by atoms with Crippen LogP contribution in [0.4, 0.5) is 4.79 Å². The predicted molar refractivity (Wildman–Crippen MR) is 102 cm³/mol. The van der Waals surface area contributed by atoms with Crippen molar-refractivity contribution in [2.24, 2.45) is 0 Å². The maximum atomic E-state index is 11.6. The molecular formula is C19H20N4O2S. The number of carbonyl (C=O) groups excluding carboxylic acids is 1. The van der Waals surface area contributed by atoms with Gasteiger partial charge >= 0.3 is 6.09 Å². The Morgan fingerprint density at radius 1 is 1.23 bits per heavy atom. The molecule has 3 aromatic rings. The SMILES string of the molecule is Cc1cc(C)c2c(-c3ccccc3)nc(SCCN3CCOC3=O)n2n1.